The number of hydrogen-bond donors (Lipinski definition) is 2. The summed E-state index contributed by atoms with van der Waals surface area (Å²) in [5.41, 5.74) is 2.08. The van der Waals surface area contributed by atoms with E-state index in [1.165, 1.54) is 11.3 Å². The van der Waals surface area contributed by atoms with E-state index in [1.54, 1.807) is 12.4 Å². The first-order valence-electron chi connectivity index (χ1n) is 7.30. The number of carbonyl (C=O) groups excluding carboxylic acids is 1. The molecule has 22 heavy (non-hydrogen) atoms. The van der Waals surface area contributed by atoms with Gasteiger partial charge < -0.3 is 10.1 Å². The van der Waals surface area contributed by atoms with Gasteiger partial charge in [0, 0.05) is 18.8 Å². The monoisotopic (exact) mass is 318 g/mol. The normalized spacial score (nSPS) is 15.0. The van der Waals surface area contributed by atoms with E-state index >= 15 is 0 Å². The molecule has 0 saturated heterocycles. The number of hydrogen-bond acceptors (Lipinski definition) is 5. The number of nitrogens with one attached hydrogen (secondary N) is 2. The molecule has 0 aromatic carbocycles. The Kier molecular flexibility index (Phi) is 4.65. The largest absolute Gasteiger partial charge is 0.375 e. The van der Waals surface area contributed by atoms with E-state index in [0.29, 0.717) is 18.3 Å². The number of fused-ring (bicyclic) bond motifs is 1. The zero-order valence-corrected chi connectivity index (χ0v) is 13.2. The van der Waals surface area contributed by atoms with Crippen molar-refractivity contribution >= 4 is 22.5 Å². The number of nitrogens with zero attached hydrogens (tertiary/aromatic N) is 2. The van der Waals surface area contributed by atoms with Crippen LogP contribution in [0.3, 0.4) is 0 Å². The minimum Gasteiger partial charge on any atom is -0.375 e. The van der Waals surface area contributed by atoms with E-state index in [2.05, 4.69) is 20.6 Å². The number of rotatable bonds is 4. The number of amides is 2. The minimum atomic E-state index is -0.240. The first-order chi connectivity index (χ1) is 10.8. The summed E-state index contributed by atoms with van der Waals surface area (Å²) in [5, 5.41) is 6.41. The average molecular weight is 318 g/mol. The highest BCUT2D eigenvalue weighted by molar-refractivity contribution is 7.15. The molecular formula is C15H18N4O2S. The number of aromatic nitrogens is 2. The Morgan fingerprint density at radius 3 is 3.00 bits per heavy atom. The predicted molar refractivity (Wildman–Crippen MR) is 84.9 cm³/mol. The van der Waals surface area contributed by atoms with Crippen molar-refractivity contribution < 1.29 is 9.53 Å². The summed E-state index contributed by atoms with van der Waals surface area (Å²) in [6.07, 6.45) is 5.07. The molecule has 116 valence electrons. The van der Waals surface area contributed by atoms with E-state index in [9.17, 15) is 4.79 Å². The van der Waals surface area contributed by atoms with E-state index in [4.69, 9.17) is 4.74 Å². The lowest BCUT2D eigenvalue weighted by molar-refractivity contribution is 0.112. The van der Waals surface area contributed by atoms with Gasteiger partial charge in [-0.1, -0.05) is 18.3 Å². The molecule has 2 N–H and O–H groups in total. The van der Waals surface area contributed by atoms with Gasteiger partial charge in [0.1, 0.15) is 0 Å². The average Bonchev–Trinajstić information content (AvgIpc) is 2.95. The summed E-state index contributed by atoms with van der Waals surface area (Å²) in [6, 6.07) is 3.54. The Bertz CT molecular complexity index is 621. The maximum absolute atomic E-state index is 12.2. The van der Waals surface area contributed by atoms with Gasteiger partial charge in [-0.05, 0) is 24.1 Å². The Hall–Kier alpha value is -1.99. The maximum atomic E-state index is 12.2. The first kappa shape index (κ1) is 14.9. The van der Waals surface area contributed by atoms with Crippen LogP contribution in [0.15, 0.2) is 24.5 Å². The van der Waals surface area contributed by atoms with Crippen LogP contribution in [0.5, 0.6) is 0 Å². The second kappa shape index (κ2) is 6.85. The Morgan fingerprint density at radius 2 is 2.27 bits per heavy atom. The third kappa shape index (κ3) is 3.42. The molecule has 1 aliphatic rings. The van der Waals surface area contributed by atoms with Crippen LogP contribution in [0, 0.1) is 0 Å². The molecule has 2 amide bonds. The van der Waals surface area contributed by atoms with Crippen LogP contribution in [-0.2, 0) is 17.8 Å². The van der Waals surface area contributed by atoms with Crippen molar-refractivity contribution in [2.24, 2.45) is 0 Å². The van der Waals surface area contributed by atoms with E-state index in [0.717, 1.165) is 29.0 Å². The molecule has 0 fully saturated rings. The van der Waals surface area contributed by atoms with Crippen LogP contribution in [-0.4, -0.2) is 22.6 Å². The Morgan fingerprint density at radius 1 is 1.45 bits per heavy atom. The van der Waals surface area contributed by atoms with Crippen LogP contribution < -0.4 is 10.6 Å². The van der Waals surface area contributed by atoms with Gasteiger partial charge in [-0.15, -0.1) is 0 Å². The van der Waals surface area contributed by atoms with Gasteiger partial charge in [-0.25, -0.2) is 9.78 Å². The van der Waals surface area contributed by atoms with Crippen LogP contribution in [0.1, 0.15) is 35.5 Å². The number of thiazole rings is 1. The zero-order chi connectivity index (χ0) is 15.4. The van der Waals surface area contributed by atoms with Crippen LogP contribution in [0.25, 0.3) is 0 Å². The van der Waals surface area contributed by atoms with Crippen molar-refractivity contribution in [3.63, 3.8) is 0 Å². The predicted octanol–water partition coefficient (Wildman–Crippen LogP) is 2.88. The van der Waals surface area contributed by atoms with Crippen LogP contribution in [0.2, 0.25) is 0 Å². The number of anilines is 1. The molecule has 2 aromatic rings. The molecule has 0 saturated carbocycles. The molecule has 0 aliphatic carbocycles. The fourth-order valence-electron chi connectivity index (χ4n) is 2.39. The molecule has 3 heterocycles. The van der Waals surface area contributed by atoms with Gasteiger partial charge in [0.2, 0.25) is 0 Å². The van der Waals surface area contributed by atoms with Gasteiger partial charge in [0.05, 0.1) is 29.8 Å². The molecular weight excluding hydrogens is 300 g/mol. The molecule has 0 spiro atoms. The van der Waals surface area contributed by atoms with Crippen molar-refractivity contribution in [1.82, 2.24) is 15.3 Å². The van der Waals surface area contributed by atoms with Gasteiger partial charge in [-0.2, -0.15) is 0 Å². The fraction of sp³-hybridized carbons (Fsp3) is 0.400. The summed E-state index contributed by atoms with van der Waals surface area (Å²) >= 11 is 1.48. The lowest BCUT2D eigenvalue weighted by Crippen LogP contribution is -2.32. The van der Waals surface area contributed by atoms with Gasteiger partial charge in [-0.3, -0.25) is 10.3 Å². The highest BCUT2D eigenvalue weighted by atomic mass is 32.1. The van der Waals surface area contributed by atoms with Crippen LogP contribution >= 0.6 is 11.3 Å². The third-order valence-electron chi connectivity index (χ3n) is 3.54. The highest BCUT2D eigenvalue weighted by Crippen LogP contribution is 2.27. The Balaban J connectivity index is 1.63. The van der Waals surface area contributed by atoms with E-state index in [-0.39, 0.29) is 12.1 Å². The van der Waals surface area contributed by atoms with E-state index < -0.39 is 0 Å². The lowest BCUT2D eigenvalue weighted by atomic mass is 10.1. The molecule has 2 aromatic heterocycles. The zero-order valence-electron chi connectivity index (χ0n) is 12.3. The fourth-order valence-corrected chi connectivity index (χ4v) is 3.33. The summed E-state index contributed by atoms with van der Waals surface area (Å²) in [4.78, 5) is 21.7. The van der Waals surface area contributed by atoms with Crippen molar-refractivity contribution in [3.05, 3.63) is 40.7 Å². The number of pyridine rings is 1. The molecule has 1 atom stereocenters. The maximum Gasteiger partial charge on any atom is 0.321 e. The quantitative estimate of drug-likeness (QED) is 0.909. The standard InChI is InChI=1S/C15H18N4O2S/c1-2-11(10-3-6-16-7-4-10)17-14(20)19-15-18-12-5-8-21-9-13(12)22-15/h3-4,6-7,11H,2,5,8-9H2,1H3,(H2,17,18,19,20)/t11-/m0/s1. The summed E-state index contributed by atoms with van der Waals surface area (Å²) in [6.45, 7) is 3.32. The topological polar surface area (TPSA) is 76.1 Å². The van der Waals surface area contributed by atoms with E-state index in [1.807, 2.05) is 19.1 Å². The molecule has 1 aliphatic heterocycles. The highest BCUT2D eigenvalue weighted by Gasteiger charge is 2.18. The first-order valence-corrected chi connectivity index (χ1v) is 8.11. The van der Waals surface area contributed by atoms with Crippen molar-refractivity contribution in [2.45, 2.75) is 32.4 Å². The number of urea groups is 1. The third-order valence-corrected chi connectivity index (χ3v) is 4.52. The van der Waals surface area contributed by atoms with Gasteiger partial charge in [0.25, 0.3) is 0 Å². The SMILES string of the molecule is CC[C@H](NC(=O)Nc1nc2c(s1)COCC2)c1ccncc1. The summed E-state index contributed by atoms with van der Waals surface area (Å²) in [7, 11) is 0. The second-order valence-electron chi connectivity index (χ2n) is 5.03. The molecule has 7 heteroatoms. The summed E-state index contributed by atoms with van der Waals surface area (Å²) < 4.78 is 5.39. The number of carbonyl (C=O) groups is 1. The van der Waals surface area contributed by atoms with Crippen molar-refractivity contribution in [3.8, 4) is 0 Å². The smallest absolute Gasteiger partial charge is 0.321 e. The van der Waals surface area contributed by atoms with Gasteiger partial charge >= 0.3 is 6.03 Å². The molecule has 3 rings (SSSR count). The Labute approximate surface area is 132 Å². The second-order valence-corrected chi connectivity index (χ2v) is 6.11. The molecule has 0 unspecified atom stereocenters. The van der Waals surface area contributed by atoms with Crippen molar-refractivity contribution in [2.75, 3.05) is 11.9 Å². The van der Waals surface area contributed by atoms with Crippen molar-refractivity contribution in [1.29, 1.82) is 0 Å². The lowest BCUT2D eigenvalue weighted by Gasteiger charge is -2.17. The number of ether oxygens (including phenoxy) is 1. The van der Waals surface area contributed by atoms with Gasteiger partial charge in [0.15, 0.2) is 5.13 Å². The molecule has 0 bridgehead atoms. The minimum absolute atomic E-state index is 0.0408. The summed E-state index contributed by atoms with van der Waals surface area (Å²) in [5.74, 6) is 0. The molecule has 6 nitrogen and oxygen atoms in total. The van der Waals surface area contributed by atoms with Crippen LogP contribution in [0.4, 0.5) is 9.93 Å². The molecule has 0 radical (unpaired) electrons.